The minimum absolute atomic E-state index is 0.125. The Morgan fingerprint density at radius 3 is 2.95 bits per heavy atom. The molecule has 2 rings (SSSR count). The van der Waals surface area contributed by atoms with Crippen LogP contribution in [0.15, 0.2) is 36.9 Å². The Morgan fingerprint density at radius 2 is 2.37 bits per heavy atom. The van der Waals surface area contributed by atoms with E-state index in [4.69, 9.17) is 11.6 Å². The first kappa shape index (κ1) is 14.4. The van der Waals surface area contributed by atoms with E-state index in [1.165, 1.54) is 11.3 Å². The first-order valence-electron chi connectivity index (χ1n) is 6.49. The number of hydrogen-bond acceptors (Lipinski definition) is 2. The van der Waals surface area contributed by atoms with Gasteiger partial charge >= 0.3 is 0 Å². The lowest BCUT2D eigenvalue weighted by molar-refractivity contribution is -0.135. The van der Waals surface area contributed by atoms with E-state index in [0.29, 0.717) is 13.1 Å². The van der Waals surface area contributed by atoms with Gasteiger partial charge < -0.3 is 4.90 Å². The molecule has 1 aliphatic carbocycles. The standard InChI is InChI=1S/C15H18ClNOS/c1-2-10-17(11-13-8-9-14(16)19-13)15(18)12-6-4-3-5-7-12/h2-4,8-9,12H,1,5-7,10-11H2. The molecule has 4 heteroatoms. The summed E-state index contributed by atoms with van der Waals surface area (Å²) in [4.78, 5) is 15.5. The van der Waals surface area contributed by atoms with Gasteiger partial charge in [0.05, 0.1) is 10.9 Å². The zero-order valence-corrected chi connectivity index (χ0v) is 12.4. The second-order valence-electron chi connectivity index (χ2n) is 4.69. The van der Waals surface area contributed by atoms with Gasteiger partial charge in [0, 0.05) is 17.3 Å². The Bertz CT molecular complexity index is 480. The number of carbonyl (C=O) groups excluding carboxylic acids is 1. The van der Waals surface area contributed by atoms with Gasteiger partial charge in [0.25, 0.3) is 0 Å². The second-order valence-corrected chi connectivity index (χ2v) is 6.49. The molecule has 1 amide bonds. The quantitative estimate of drug-likeness (QED) is 0.743. The Balaban J connectivity index is 2.03. The molecule has 0 bridgehead atoms. The zero-order chi connectivity index (χ0) is 13.7. The van der Waals surface area contributed by atoms with Crippen LogP contribution in [0.2, 0.25) is 4.34 Å². The molecule has 1 aliphatic rings. The molecule has 0 saturated carbocycles. The van der Waals surface area contributed by atoms with Crippen molar-refractivity contribution in [1.29, 1.82) is 0 Å². The van der Waals surface area contributed by atoms with E-state index in [2.05, 4.69) is 18.7 Å². The average molecular weight is 296 g/mol. The molecule has 0 fully saturated rings. The minimum atomic E-state index is 0.125. The first-order valence-corrected chi connectivity index (χ1v) is 7.69. The predicted octanol–water partition coefficient (Wildman–Crippen LogP) is 4.27. The third kappa shape index (κ3) is 3.95. The molecule has 0 aliphatic heterocycles. The number of halogens is 1. The third-order valence-corrected chi connectivity index (χ3v) is 4.47. The average Bonchev–Trinajstić information content (AvgIpc) is 2.84. The number of amides is 1. The van der Waals surface area contributed by atoms with Gasteiger partial charge in [-0.25, -0.2) is 0 Å². The van der Waals surface area contributed by atoms with Gasteiger partial charge in [-0.1, -0.05) is 29.8 Å². The number of thiophene rings is 1. The molecular weight excluding hydrogens is 278 g/mol. The molecule has 1 unspecified atom stereocenters. The fourth-order valence-corrected chi connectivity index (χ4v) is 3.39. The number of nitrogens with zero attached hydrogens (tertiary/aromatic N) is 1. The van der Waals surface area contributed by atoms with Crippen molar-refractivity contribution >= 4 is 28.8 Å². The van der Waals surface area contributed by atoms with E-state index in [-0.39, 0.29) is 11.8 Å². The summed E-state index contributed by atoms with van der Waals surface area (Å²) in [7, 11) is 0. The summed E-state index contributed by atoms with van der Waals surface area (Å²) in [5.41, 5.74) is 0. The maximum absolute atomic E-state index is 12.5. The van der Waals surface area contributed by atoms with Crippen LogP contribution in [0.3, 0.4) is 0 Å². The molecule has 102 valence electrons. The third-order valence-electron chi connectivity index (χ3n) is 3.26. The maximum Gasteiger partial charge on any atom is 0.226 e. The number of hydrogen-bond donors (Lipinski definition) is 0. The van der Waals surface area contributed by atoms with Crippen molar-refractivity contribution in [2.24, 2.45) is 5.92 Å². The lowest BCUT2D eigenvalue weighted by Crippen LogP contribution is -2.36. The van der Waals surface area contributed by atoms with Crippen molar-refractivity contribution in [2.75, 3.05) is 6.54 Å². The highest BCUT2D eigenvalue weighted by atomic mass is 35.5. The number of carbonyl (C=O) groups is 1. The van der Waals surface area contributed by atoms with E-state index in [0.717, 1.165) is 28.5 Å². The fraction of sp³-hybridized carbons (Fsp3) is 0.400. The van der Waals surface area contributed by atoms with Crippen molar-refractivity contribution in [3.05, 3.63) is 46.2 Å². The molecule has 0 N–H and O–H groups in total. The Morgan fingerprint density at radius 1 is 1.53 bits per heavy atom. The van der Waals surface area contributed by atoms with E-state index in [9.17, 15) is 4.79 Å². The summed E-state index contributed by atoms with van der Waals surface area (Å²) in [6.45, 7) is 4.96. The van der Waals surface area contributed by atoms with E-state index >= 15 is 0 Å². The molecule has 0 spiro atoms. The van der Waals surface area contributed by atoms with Gasteiger partial charge in [-0.3, -0.25) is 4.79 Å². The van der Waals surface area contributed by atoms with Gasteiger partial charge in [0.1, 0.15) is 0 Å². The van der Waals surface area contributed by atoms with Gasteiger partial charge in [0.15, 0.2) is 0 Å². The summed E-state index contributed by atoms with van der Waals surface area (Å²) >= 11 is 7.46. The van der Waals surface area contributed by atoms with Crippen molar-refractivity contribution in [3.8, 4) is 0 Å². The fourth-order valence-electron chi connectivity index (χ4n) is 2.29. The van der Waals surface area contributed by atoms with Crippen LogP contribution < -0.4 is 0 Å². The second kappa shape index (κ2) is 6.92. The van der Waals surface area contributed by atoms with Gasteiger partial charge in [-0.2, -0.15) is 0 Å². The van der Waals surface area contributed by atoms with Crippen LogP contribution in [0.4, 0.5) is 0 Å². The number of allylic oxidation sites excluding steroid dienone is 2. The molecule has 2 nitrogen and oxygen atoms in total. The Labute approximate surface area is 123 Å². The van der Waals surface area contributed by atoms with Gasteiger partial charge in [0.2, 0.25) is 5.91 Å². The van der Waals surface area contributed by atoms with Crippen LogP contribution >= 0.6 is 22.9 Å². The minimum Gasteiger partial charge on any atom is -0.334 e. The van der Waals surface area contributed by atoms with E-state index in [1.807, 2.05) is 17.0 Å². The van der Waals surface area contributed by atoms with Crippen LogP contribution in [-0.2, 0) is 11.3 Å². The molecule has 0 aromatic carbocycles. The van der Waals surface area contributed by atoms with Crippen LogP contribution in [0.5, 0.6) is 0 Å². The van der Waals surface area contributed by atoms with Crippen LogP contribution in [0.1, 0.15) is 24.1 Å². The van der Waals surface area contributed by atoms with Crippen molar-refractivity contribution in [2.45, 2.75) is 25.8 Å². The largest absolute Gasteiger partial charge is 0.334 e. The van der Waals surface area contributed by atoms with E-state index in [1.54, 1.807) is 6.08 Å². The summed E-state index contributed by atoms with van der Waals surface area (Å²) in [5, 5.41) is 0. The zero-order valence-electron chi connectivity index (χ0n) is 10.8. The van der Waals surface area contributed by atoms with Crippen LogP contribution in [0, 0.1) is 5.92 Å². The monoisotopic (exact) mass is 295 g/mol. The first-order chi connectivity index (χ1) is 9.20. The smallest absolute Gasteiger partial charge is 0.226 e. The molecule has 19 heavy (non-hydrogen) atoms. The van der Waals surface area contributed by atoms with Crippen molar-refractivity contribution in [1.82, 2.24) is 4.90 Å². The normalized spacial score (nSPS) is 18.3. The highest BCUT2D eigenvalue weighted by Gasteiger charge is 2.24. The number of rotatable bonds is 5. The predicted molar refractivity (Wildman–Crippen MR) is 81.4 cm³/mol. The molecule has 0 saturated heterocycles. The summed E-state index contributed by atoms with van der Waals surface area (Å²) in [6.07, 6.45) is 8.86. The summed E-state index contributed by atoms with van der Waals surface area (Å²) in [5.74, 6) is 0.356. The van der Waals surface area contributed by atoms with Gasteiger partial charge in [-0.05, 0) is 31.4 Å². The summed E-state index contributed by atoms with van der Waals surface area (Å²) < 4.78 is 0.765. The SMILES string of the molecule is C=CCN(Cc1ccc(Cl)s1)C(=O)C1CC=CCC1. The lowest BCUT2D eigenvalue weighted by atomic mass is 9.93. The molecular formula is C15H18ClNOS. The lowest BCUT2D eigenvalue weighted by Gasteiger charge is -2.26. The van der Waals surface area contributed by atoms with Crippen LogP contribution in [-0.4, -0.2) is 17.4 Å². The maximum atomic E-state index is 12.5. The molecule has 1 heterocycles. The molecule has 1 atom stereocenters. The highest BCUT2D eigenvalue weighted by Crippen LogP contribution is 2.25. The Kier molecular flexibility index (Phi) is 5.23. The van der Waals surface area contributed by atoms with Crippen molar-refractivity contribution in [3.63, 3.8) is 0 Å². The highest BCUT2D eigenvalue weighted by molar-refractivity contribution is 7.16. The van der Waals surface area contributed by atoms with Gasteiger partial charge in [-0.15, -0.1) is 17.9 Å². The van der Waals surface area contributed by atoms with Crippen molar-refractivity contribution < 1.29 is 4.79 Å². The van der Waals surface area contributed by atoms with Crippen LogP contribution in [0.25, 0.3) is 0 Å². The topological polar surface area (TPSA) is 20.3 Å². The summed E-state index contributed by atoms with van der Waals surface area (Å²) in [6, 6.07) is 3.86. The Hall–Kier alpha value is -1.06. The molecule has 1 aromatic rings. The molecule has 1 aromatic heterocycles. The molecule has 0 radical (unpaired) electrons. The van der Waals surface area contributed by atoms with E-state index < -0.39 is 0 Å².